The molecule has 0 N–H and O–H groups in total. The van der Waals surface area contributed by atoms with Gasteiger partial charge in [0.25, 0.3) is 0 Å². The topological polar surface area (TPSA) is 52.6 Å². The van der Waals surface area contributed by atoms with Crippen LogP contribution in [-0.4, -0.2) is 18.0 Å². The van der Waals surface area contributed by atoms with Crippen LogP contribution in [0.25, 0.3) is 0 Å². The molecular formula is C18H24O4. The fraction of sp³-hybridized carbons (Fsp3) is 0.556. The lowest BCUT2D eigenvalue weighted by molar-refractivity contribution is -0.147. The van der Waals surface area contributed by atoms with E-state index in [1.807, 2.05) is 19.9 Å². The largest absolute Gasteiger partial charge is 0.463 e. The summed E-state index contributed by atoms with van der Waals surface area (Å²) < 4.78 is 10.7. The molecule has 4 nitrogen and oxygen atoms in total. The average molecular weight is 304 g/mol. The third-order valence-corrected chi connectivity index (χ3v) is 3.82. The number of carbonyl (C=O) groups excluding carboxylic acids is 2. The summed E-state index contributed by atoms with van der Waals surface area (Å²) in [5.41, 5.74) is 0.692. The Bertz CT molecular complexity index is 516. The molecule has 0 saturated heterocycles. The van der Waals surface area contributed by atoms with Gasteiger partial charge in [-0.15, -0.1) is 0 Å². The van der Waals surface area contributed by atoms with Gasteiger partial charge in [-0.25, -0.2) is 0 Å². The van der Waals surface area contributed by atoms with Crippen molar-refractivity contribution in [1.82, 2.24) is 0 Å². The minimum absolute atomic E-state index is 0.00979. The highest BCUT2D eigenvalue weighted by Crippen LogP contribution is 2.27. The number of esters is 2. The lowest BCUT2D eigenvalue weighted by atomic mass is 9.89. The van der Waals surface area contributed by atoms with Gasteiger partial charge in [-0.2, -0.15) is 0 Å². The number of ether oxygens (including phenoxy) is 2. The van der Waals surface area contributed by atoms with Crippen LogP contribution in [0.2, 0.25) is 0 Å². The maximum atomic E-state index is 12.2. The Kier molecular flexibility index (Phi) is 5.99. The number of hydrogen-bond acceptors (Lipinski definition) is 4. The molecule has 1 saturated carbocycles. The molecule has 0 radical (unpaired) electrons. The standard InChI is InChI=1S/C18H24O4/c1-13(2)21-17(19)12-15-10-6-7-11-16(15)22-18(20)14-8-4-3-5-9-14/h6-7,10-11,13-14H,3-5,8-9,12H2,1-2H3. The molecule has 4 heteroatoms. The van der Waals surface area contributed by atoms with E-state index in [1.165, 1.54) is 6.42 Å². The summed E-state index contributed by atoms with van der Waals surface area (Å²) >= 11 is 0. The molecule has 1 aliphatic rings. The molecule has 1 aromatic rings. The fourth-order valence-corrected chi connectivity index (χ4v) is 2.74. The highest BCUT2D eigenvalue weighted by atomic mass is 16.5. The third kappa shape index (κ3) is 4.86. The van der Waals surface area contributed by atoms with Gasteiger partial charge in [-0.05, 0) is 32.8 Å². The Labute approximate surface area is 131 Å². The van der Waals surface area contributed by atoms with Gasteiger partial charge in [0.15, 0.2) is 0 Å². The van der Waals surface area contributed by atoms with Crippen molar-refractivity contribution < 1.29 is 19.1 Å². The molecule has 1 fully saturated rings. The Morgan fingerprint density at radius 2 is 1.82 bits per heavy atom. The summed E-state index contributed by atoms with van der Waals surface area (Å²) in [6.07, 6.45) is 5.13. The minimum Gasteiger partial charge on any atom is -0.463 e. The quantitative estimate of drug-likeness (QED) is 0.615. The van der Waals surface area contributed by atoms with E-state index in [0.717, 1.165) is 25.7 Å². The van der Waals surface area contributed by atoms with Gasteiger partial charge in [-0.3, -0.25) is 9.59 Å². The smallest absolute Gasteiger partial charge is 0.314 e. The monoisotopic (exact) mass is 304 g/mol. The second-order valence-electron chi connectivity index (χ2n) is 6.08. The molecule has 120 valence electrons. The van der Waals surface area contributed by atoms with Gasteiger partial charge in [0.05, 0.1) is 18.4 Å². The Hall–Kier alpha value is -1.84. The van der Waals surface area contributed by atoms with Crippen LogP contribution in [0.15, 0.2) is 24.3 Å². The van der Waals surface area contributed by atoms with E-state index in [-0.39, 0.29) is 30.4 Å². The second-order valence-corrected chi connectivity index (χ2v) is 6.08. The molecule has 1 aromatic carbocycles. The summed E-state index contributed by atoms with van der Waals surface area (Å²) in [7, 11) is 0. The molecule has 0 aliphatic heterocycles. The molecule has 22 heavy (non-hydrogen) atoms. The zero-order valence-electron chi connectivity index (χ0n) is 13.3. The highest BCUT2D eigenvalue weighted by Gasteiger charge is 2.24. The maximum absolute atomic E-state index is 12.2. The van der Waals surface area contributed by atoms with Crippen molar-refractivity contribution in [2.24, 2.45) is 5.92 Å². The van der Waals surface area contributed by atoms with E-state index in [2.05, 4.69) is 0 Å². The van der Waals surface area contributed by atoms with Crippen LogP contribution >= 0.6 is 0 Å². The van der Waals surface area contributed by atoms with Crippen molar-refractivity contribution in [3.63, 3.8) is 0 Å². The van der Waals surface area contributed by atoms with Crippen molar-refractivity contribution >= 4 is 11.9 Å². The van der Waals surface area contributed by atoms with E-state index < -0.39 is 0 Å². The van der Waals surface area contributed by atoms with Gasteiger partial charge in [0.1, 0.15) is 5.75 Å². The Balaban J connectivity index is 2.01. The molecule has 0 heterocycles. The summed E-state index contributed by atoms with van der Waals surface area (Å²) in [6, 6.07) is 7.17. The van der Waals surface area contributed by atoms with Crippen molar-refractivity contribution in [3.05, 3.63) is 29.8 Å². The van der Waals surface area contributed by atoms with Crippen LogP contribution in [0.4, 0.5) is 0 Å². The van der Waals surface area contributed by atoms with Gasteiger partial charge in [0.2, 0.25) is 0 Å². The van der Waals surface area contributed by atoms with Gasteiger partial charge < -0.3 is 9.47 Å². The van der Waals surface area contributed by atoms with Gasteiger partial charge in [0, 0.05) is 5.56 Å². The summed E-state index contributed by atoms with van der Waals surface area (Å²) in [5.74, 6) is -0.0243. The lowest BCUT2D eigenvalue weighted by Gasteiger charge is -2.20. The molecule has 0 unspecified atom stereocenters. The Morgan fingerprint density at radius 1 is 1.14 bits per heavy atom. The molecular weight excluding hydrogens is 280 g/mol. The average Bonchev–Trinajstić information content (AvgIpc) is 2.49. The molecule has 0 aromatic heterocycles. The van der Waals surface area contributed by atoms with Gasteiger partial charge >= 0.3 is 11.9 Å². The number of hydrogen-bond donors (Lipinski definition) is 0. The van der Waals surface area contributed by atoms with Crippen LogP contribution < -0.4 is 4.74 Å². The third-order valence-electron chi connectivity index (χ3n) is 3.82. The zero-order valence-corrected chi connectivity index (χ0v) is 13.3. The number of rotatable bonds is 5. The maximum Gasteiger partial charge on any atom is 0.314 e. The van der Waals surface area contributed by atoms with Gasteiger partial charge in [-0.1, -0.05) is 37.5 Å². The predicted octanol–water partition coefficient (Wildman–Crippen LogP) is 3.67. The zero-order chi connectivity index (χ0) is 15.9. The van der Waals surface area contributed by atoms with Crippen molar-refractivity contribution in [2.45, 2.75) is 58.5 Å². The molecule has 1 aliphatic carbocycles. The van der Waals surface area contributed by atoms with Crippen molar-refractivity contribution in [1.29, 1.82) is 0 Å². The van der Waals surface area contributed by atoms with Crippen LogP contribution in [0, 0.1) is 5.92 Å². The molecule has 0 amide bonds. The van der Waals surface area contributed by atoms with Crippen LogP contribution in [0.5, 0.6) is 5.75 Å². The lowest BCUT2D eigenvalue weighted by Crippen LogP contribution is -2.23. The molecule has 0 atom stereocenters. The summed E-state index contributed by atoms with van der Waals surface area (Å²) in [5, 5.41) is 0. The van der Waals surface area contributed by atoms with E-state index in [9.17, 15) is 9.59 Å². The van der Waals surface area contributed by atoms with E-state index in [4.69, 9.17) is 9.47 Å². The fourth-order valence-electron chi connectivity index (χ4n) is 2.74. The molecule has 0 bridgehead atoms. The molecule has 2 rings (SSSR count). The molecule has 0 spiro atoms. The Morgan fingerprint density at radius 3 is 2.50 bits per heavy atom. The second kappa shape index (κ2) is 7.97. The van der Waals surface area contributed by atoms with E-state index in [0.29, 0.717) is 11.3 Å². The normalized spacial score (nSPS) is 15.6. The van der Waals surface area contributed by atoms with Crippen molar-refractivity contribution in [3.8, 4) is 5.75 Å². The highest BCUT2D eigenvalue weighted by molar-refractivity contribution is 5.77. The van der Waals surface area contributed by atoms with Crippen LogP contribution in [-0.2, 0) is 20.7 Å². The van der Waals surface area contributed by atoms with E-state index >= 15 is 0 Å². The summed E-state index contributed by atoms with van der Waals surface area (Å²) in [6.45, 7) is 3.62. The first-order chi connectivity index (χ1) is 10.6. The van der Waals surface area contributed by atoms with Crippen molar-refractivity contribution in [2.75, 3.05) is 0 Å². The minimum atomic E-state index is -0.309. The summed E-state index contributed by atoms with van der Waals surface area (Å²) in [4.78, 5) is 24.0. The number of para-hydroxylation sites is 1. The van der Waals surface area contributed by atoms with Crippen LogP contribution in [0.1, 0.15) is 51.5 Å². The number of benzene rings is 1. The van der Waals surface area contributed by atoms with E-state index in [1.54, 1.807) is 18.2 Å². The first-order valence-electron chi connectivity index (χ1n) is 8.05. The SMILES string of the molecule is CC(C)OC(=O)Cc1ccccc1OC(=O)C1CCCCC1. The predicted molar refractivity (Wildman–Crippen MR) is 83.6 cm³/mol. The first-order valence-corrected chi connectivity index (χ1v) is 8.05. The van der Waals surface area contributed by atoms with Crippen LogP contribution in [0.3, 0.4) is 0 Å². The first kappa shape index (κ1) is 16.5. The number of carbonyl (C=O) groups is 2.